The van der Waals surface area contributed by atoms with E-state index in [1.807, 2.05) is 6.92 Å². The van der Waals surface area contributed by atoms with Crippen molar-refractivity contribution >= 4 is 5.84 Å². The molecule has 1 heterocycles. The summed E-state index contributed by atoms with van der Waals surface area (Å²) in [6, 6.07) is 2.23. The Bertz CT molecular complexity index is 341. The molecule has 0 aromatic carbocycles. The Balaban J connectivity index is 2.23. The van der Waals surface area contributed by atoms with Crippen LogP contribution >= 0.6 is 0 Å². The summed E-state index contributed by atoms with van der Waals surface area (Å²) in [5, 5.41) is 0. The van der Waals surface area contributed by atoms with Gasteiger partial charge in [-0.05, 0) is 25.8 Å². The monoisotopic (exact) mass is 176 g/mol. The average molecular weight is 176 g/mol. The van der Waals surface area contributed by atoms with Crippen molar-refractivity contribution < 1.29 is 0 Å². The first-order chi connectivity index (χ1) is 6.25. The van der Waals surface area contributed by atoms with Crippen LogP contribution < -0.4 is 5.73 Å². The van der Waals surface area contributed by atoms with Crippen molar-refractivity contribution in [2.75, 3.05) is 0 Å². The van der Waals surface area contributed by atoms with Gasteiger partial charge in [0.1, 0.15) is 17.4 Å². The summed E-state index contributed by atoms with van der Waals surface area (Å²) < 4.78 is 0. The molecular weight excluding hydrogens is 164 g/mol. The molecule has 4 nitrogen and oxygen atoms in total. The molecule has 0 amide bonds. The van der Waals surface area contributed by atoms with Crippen molar-refractivity contribution in [1.82, 2.24) is 9.97 Å². The number of nitrogens with zero attached hydrogens (tertiary/aromatic N) is 3. The standard InChI is InChI=1S/C9H12N4/c1-6-11-5-4-8(12-6)9(10)13-7-2-3-7/h4-5,7H,2-3H2,1H3,(H2,10,13). The van der Waals surface area contributed by atoms with Gasteiger partial charge in [-0.2, -0.15) is 0 Å². The Hall–Kier alpha value is -1.45. The van der Waals surface area contributed by atoms with Crippen molar-refractivity contribution in [3.05, 3.63) is 23.8 Å². The summed E-state index contributed by atoms with van der Waals surface area (Å²) in [5.74, 6) is 1.26. The summed E-state index contributed by atoms with van der Waals surface area (Å²) >= 11 is 0. The minimum Gasteiger partial charge on any atom is -0.382 e. The largest absolute Gasteiger partial charge is 0.382 e. The molecule has 1 fully saturated rings. The van der Waals surface area contributed by atoms with Gasteiger partial charge in [0.15, 0.2) is 0 Å². The average Bonchev–Trinajstić information content (AvgIpc) is 2.88. The molecule has 0 atom stereocenters. The van der Waals surface area contributed by atoms with Crippen LogP contribution in [0.15, 0.2) is 17.3 Å². The van der Waals surface area contributed by atoms with E-state index in [2.05, 4.69) is 15.0 Å². The lowest BCUT2D eigenvalue weighted by molar-refractivity contribution is 1.02. The molecule has 0 saturated heterocycles. The molecule has 1 aliphatic rings. The van der Waals surface area contributed by atoms with Crippen molar-refractivity contribution in [3.63, 3.8) is 0 Å². The molecule has 68 valence electrons. The number of aliphatic imine (C=N–C) groups is 1. The maximum atomic E-state index is 5.76. The lowest BCUT2D eigenvalue weighted by Crippen LogP contribution is -2.16. The Morgan fingerprint density at radius 2 is 2.38 bits per heavy atom. The van der Waals surface area contributed by atoms with Crippen molar-refractivity contribution in [3.8, 4) is 0 Å². The van der Waals surface area contributed by atoms with E-state index in [0.29, 0.717) is 11.9 Å². The summed E-state index contributed by atoms with van der Waals surface area (Å²) in [5.41, 5.74) is 6.50. The van der Waals surface area contributed by atoms with Crippen LogP contribution in [-0.4, -0.2) is 21.8 Å². The number of hydrogen-bond donors (Lipinski definition) is 1. The van der Waals surface area contributed by atoms with Crippen molar-refractivity contribution in [1.29, 1.82) is 0 Å². The summed E-state index contributed by atoms with van der Waals surface area (Å²) in [7, 11) is 0. The quantitative estimate of drug-likeness (QED) is 0.531. The van der Waals surface area contributed by atoms with E-state index in [-0.39, 0.29) is 0 Å². The molecule has 1 aromatic rings. The fraction of sp³-hybridized carbons (Fsp3) is 0.444. The second kappa shape index (κ2) is 3.12. The number of hydrogen-bond acceptors (Lipinski definition) is 3. The summed E-state index contributed by atoms with van der Waals surface area (Å²) in [6.45, 7) is 1.84. The second-order valence-corrected chi connectivity index (χ2v) is 3.23. The van der Waals surface area contributed by atoms with Gasteiger partial charge in [-0.15, -0.1) is 0 Å². The van der Waals surface area contributed by atoms with Gasteiger partial charge >= 0.3 is 0 Å². The highest BCUT2D eigenvalue weighted by Crippen LogP contribution is 2.23. The predicted octanol–water partition coefficient (Wildman–Crippen LogP) is 0.653. The van der Waals surface area contributed by atoms with Crippen LogP contribution in [0, 0.1) is 6.92 Å². The Kier molecular flexibility index (Phi) is 1.96. The normalized spacial score (nSPS) is 17.5. The number of rotatable bonds is 2. The zero-order valence-corrected chi connectivity index (χ0v) is 7.57. The minimum atomic E-state index is 0.440. The Morgan fingerprint density at radius 1 is 1.62 bits per heavy atom. The van der Waals surface area contributed by atoms with Gasteiger partial charge in [0, 0.05) is 6.20 Å². The van der Waals surface area contributed by atoms with Crippen LogP contribution in [0.25, 0.3) is 0 Å². The molecule has 0 aliphatic heterocycles. The maximum absolute atomic E-state index is 5.76. The van der Waals surface area contributed by atoms with Gasteiger partial charge < -0.3 is 5.73 Å². The Morgan fingerprint density at radius 3 is 3.00 bits per heavy atom. The molecule has 0 unspecified atom stereocenters. The topological polar surface area (TPSA) is 64.2 Å². The maximum Gasteiger partial charge on any atom is 0.145 e. The molecule has 1 aliphatic carbocycles. The van der Waals surface area contributed by atoms with E-state index in [9.17, 15) is 0 Å². The lowest BCUT2D eigenvalue weighted by Gasteiger charge is -1.99. The van der Waals surface area contributed by atoms with Crippen molar-refractivity contribution in [2.45, 2.75) is 25.8 Å². The lowest BCUT2D eigenvalue weighted by atomic mass is 10.3. The zero-order valence-electron chi connectivity index (χ0n) is 7.57. The molecule has 0 spiro atoms. The van der Waals surface area contributed by atoms with Gasteiger partial charge in [0.05, 0.1) is 6.04 Å². The van der Waals surface area contributed by atoms with Gasteiger partial charge in [-0.1, -0.05) is 0 Å². The predicted molar refractivity (Wildman–Crippen MR) is 50.5 cm³/mol. The van der Waals surface area contributed by atoms with E-state index in [1.165, 1.54) is 0 Å². The molecular formula is C9H12N4. The van der Waals surface area contributed by atoms with E-state index < -0.39 is 0 Å². The first-order valence-corrected chi connectivity index (χ1v) is 4.39. The van der Waals surface area contributed by atoms with Crippen LogP contribution in [0.1, 0.15) is 24.4 Å². The fourth-order valence-electron chi connectivity index (χ4n) is 1.07. The third-order valence-corrected chi connectivity index (χ3v) is 1.91. The van der Waals surface area contributed by atoms with Crippen LogP contribution in [0.5, 0.6) is 0 Å². The van der Waals surface area contributed by atoms with Gasteiger partial charge in [-0.25, -0.2) is 9.97 Å². The van der Waals surface area contributed by atoms with Crippen LogP contribution in [-0.2, 0) is 0 Å². The molecule has 0 bridgehead atoms. The Labute approximate surface area is 76.9 Å². The first kappa shape index (κ1) is 8.16. The van der Waals surface area contributed by atoms with E-state index >= 15 is 0 Å². The van der Waals surface area contributed by atoms with Crippen LogP contribution in [0.3, 0.4) is 0 Å². The molecule has 0 radical (unpaired) electrons. The molecule has 4 heteroatoms. The van der Waals surface area contributed by atoms with Crippen LogP contribution in [0.2, 0.25) is 0 Å². The third-order valence-electron chi connectivity index (χ3n) is 1.91. The molecule has 2 rings (SSSR count). The van der Waals surface area contributed by atoms with E-state index in [0.717, 1.165) is 24.4 Å². The van der Waals surface area contributed by atoms with Crippen molar-refractivity contribution in [2.24, 2.45) is 10.7 Å². The third kappa shape index (κ3) is 2.02. The fourth-order valence-corrected chi connectivity index (χ4v) is 1.07. The molecule has 2 N–H and O–H groups in total. The second-order valence-electron chi connectivity index (χ2n) is 3.23. The SMILES string of the molecule is Cc1nccc(C(N)=NC2CC2)n1. The number of nitrogens with two attached hydrogens (primary N) is 1. The van der Waals surface area contributed by atoms with E-state index in [4.69, 9.17) is 5.73 Å². The number of aryl methyl sites for hydroxylation is 1. The number of amidine groups is 1. The van der Waals surface area contributed by atoms with Gasteiger partial charge in [0.2, 0.25) is 0 Å². The highest BCUT2D eigenvalue weighted by Gasteiger charge is 2.20. The molecule has 1 saturated carbocycles. The number of aromatic nitrogens is 2. The summed E-state index contributed by atoms with van der Waals surface area (Å²) in [6.07, 6.45) is 4.02. The van der Waals surface area contributed by atoms with Gasteiger partial charge in [0.25, 0.3) is 0 Å². The van der Waals surface area contributed by atoms with Crippen LogP contribution in [0.4, 0.5) is 0 Å². The molecule has 1 aromatic heterocycles. The minimum absolute atomic E-state index is 0.440. The van der Waals surface area contributed by atoms with Gasteiger partial charge in [-0.3, -0.25) is 4.99 Å². The highest BCUT2D eigenvalue weighted by molar-refractivity contribution is 5.95. The smallest absolute Gasteiger partial charge is 0.145 e. The first-order valence-electron chi connectivity index (χ1n) is 4.39. The molecule has 13 heavy (non-hydrogen) atoms. The van der Waals surface area contributed by atoms with E-state index in [1.54, 1.807) is 12.3 Å². The summed E-state index contributed by atoms with van der Waals surface area (Å²) in [4.78, 5) is 12.5. The highest BCUT2D eigenvalue weighted by atomic mass is 15.0. The zero-order chi connectivity index (χ0) is 9.26.